The van der Waals surface area contributed by atoms with Gasteiger partial charge in [0, 0.05) is 0 Å². The van der Waals surface area contributed by atoms with Crippen molar-refractivity contribution >= 4 is 18.0 Å². The number of alkyl carbamates (subject to hydrolysis) is 1. The number of ether oxygens (including phenoxy) is 1. The number of aliphatic carboxylic acids is 1. The predicted molar refractivity (Wildman–Crippen MR) is 101 cm³/mol. The fourth-order valence-corrected chi connectivity index (χ4v) is 2.49. The summed E-state index contributed by atoms with van der Waals surface area (Å²) in [5, 5.41) is 25.7. The molecule has 0 aliphatic heterocycles. The highest BCUT2D eigenvalue weighted by Gasteiger charge is 2.27. The molecule has 2 unspecified atom stereocenters. The number of phenols is 1. The molecule has 2 amide bonds. The molecule has 0 aliphatic carbocycles. The third kappa shape index (κ3) is 8.75. The molecule has 156 valence electrons. The fraction of sp³-hybridized carbons (Fsp3) is 0.550. The van der Waals surface area contributed by atoms with Crippen molar-refractivity contribution in [2.45, 2.75) is 65.1 Å². The van der Waals surface area contributed by atoms with Crippen molar-refractivity contribution in [3.63, 3.8) is 0 Å². The minimum absolute atomic E-state index is 0.0187. The van der Waals surface area contributed by atoms with Crippen LogP contribution in [-0.2, 0) is 20.7 Å². The van der Waals surface area contributed by atoms with Gasteiger partial charge in [0.1, 0.15) is 17.4 Å². The largest absolute Gasteiger partial charge is 0.548 e. The Hall–Kier alpha value is -2.77. The lowest BCUT2D eigenvalue weighted by Crippen LogP contribution is -2.55. The highest BCUT2D eigenvalue weighted by molar-refractivity contribution is 5.89. The number of carboxylic acid groups (broad SMARTS) is 1. The van der Waals surface area contributed by atoms with Crippen molar-refractivity contribution in [2.24, 2.45) is 5.92 Å². The summed E-state index contributed by atoms with van der Waals surface area (Å²) in [4.78, 5) is 36.1. The number of phenolic OH excluding ortho intramolecular Hbond substituents is 1. The Kier molecular flexibility index (Phi) is 8.28. The lowest BCUT2D eigenvalue weighted by Gasteiger charge is -2.26. The highest BCUT2D eigenvalue weighted by Crippen LogP contribution is 2.13. The molecular formula is C20H29N2O6-. The van der Waals surface area contributed by atoms with E-state index < -0.39 is 35.7 Å². The number of aromatic hydroxyl groups is 1. The Bertz CT molecular complexity index is 679. The zero-order chi connectivity index (χ0) is 21.5. The van der Waals surface area contributed by atoms with Gasteiger partial charge < -0.3 is 30.4 Å². The van der Waals surface area contributed by atoms with Gasteiger partial charge in [0.25, 0.3) is 0 Å². The van der Waals surface area contributed by atoms with Gasteiger partial charge in [0.2, 0.25) is 5.91 Å². The van der Waals surface area contributed by atoms with Crippen LogP contribution in [0.2, 0.25) is 0 Å². The minimum Gasteiger partial charge on any atom is -0.548 e. The van der Waals surface area contributed by atoms with Crippen molar-refractivity contribution in [2.75, 3.05) is 0 Å². The van der Waals surface area contributed by atoms with Crippen molar-refractivity contribution in [3.8, 4) is 5.75 Å². The average Bonchev–Trinajstić information content (AvgIpc) is 2.53. The number of carbonyl (C=O) groups excluding carboxylic acids is 3. The lowest BCUT2D eigenvalue weighted by molar-refractivity contribution is -0.308. The highest BCUT2D eigenvalue weighted by atomic mass is 16.6. The van der Waals surface area contributed by atoms with Gasteiger partial charge in [-0.1, -0.05) is 26.0 Å². The summed E-state index contributed by atoms with van der Waals surface area (Å²) in [6.45, 7) is 8.86. The first-order valence-corrected chi connectivity index (χ1v) is 9.16. The third-order valence-corrected chi connectivity index (χ3v) is 3.69. The summed E-state index contributed by atoms with van der Waals surface area (Å²) >= 11 is 0. The van der Waals surface area contributed by atoms with Gasteiger partial charge in [0.05, 0.1) is 12.0 Å². The van der Waals surface area contributed by atoms with Crippen LogP contribution in [0.1, 0.15) is 46.6 Å². The van der Waals surface area contributed by atoms with Crippen molar-refractivity contribution in [3.05, 3.63) is 29.8 Å². The third-order valence-electron chi connectivity index (χ3n) is 3.69. The van der Waals surface area contributed by atoms with E-state index in [0.29, 0.717) is 12.0 Å². The maximum absolute atomic E-state index is 12.6. The van der Waals surface area contributed by atoms with Crippen LogP contribution < -0.4 is 15.7 Å². The summed E-state index contributed by atoms with van der Waals surface area (Å²) in [5.74, 6) is -1.95. The van der Waals surface area contributed by atoms with Gasteiger partial charge in [-0.15, -0.1) is 0 Å². The quantitative estimate of drug-likeness (QED) is 0.607. The number of carboxylic acids is 1. The Morgan fingerprint density at radius 3 is 2.11 bits per heavy atom. The molecule has 2 atom stereocenters. The van der Waals surface area contributed by atoms with E-state index in [2.05, 4.69) is 10.6 Å². The zero-order valence-electron chi connectivity index (χ0n) is 16.9. The van der Waals surface area contributed by atoms with Gasteiger partial charge in [0.15, 0.2) is 0 Å². The number of benzene rings is 1. The van der Waals surface area contributed by atoms with Crippen molar-refractivity contribution < 1.29 is 29.3 Å². The van der Waals surface area contributed by atoms with E-state index in [9.17, 15) is 24.6 Å². The average molecular weight is 393 g/mol. The molecule has 0 heterocycles. The molecule has 1 rings (SSSR count). The Morgan fingerprint density at radius 1 is 1.07 bits per heavy atom. The summed E-state index contributed by atoms with van der Waals surface area (Å²) in [7, 11) is 0. The standard InChI is InChI=1S/C20H30N2O6/c1-12(2)10-15(22-19(27)28-20(3,4)5)17(24)21-16(18(25)26)11-13-6-8-14(23)9-7-13/h6-9,12,15-16,23H,10-11H2,1-5H3,(H,21,24)(H,22,27)(H,25,26)/p-1. The molecule has 28 heavy (non-hydrogen) atoms. The molecule has 0 saturated carbocycles. The SMILES string of the molecule is CC(C)CC(NC(=O)OC(C)(C)C)C(=O)NC(Cc1ccc(O)cc1)C(=O)[O-]. The van der Waals surface area contributed by atoms with Crippen LogP contribution in [0.5, 0.6) is 5.75 Å². The molecule has 0 radical (unpaired) electrons. The van der Waals surface area contributed by atoms with Gasteiger partial charge in [-0.3, -0.25) is 4.79 Å². The molecule has 0 aromatic heterocycles. The maximum atomic E-state index is 12.6. The second kappa shape index (κ2) is 9.96. The molecular weight excluding hydrogens is 364 g/mol. The van der Waals surface area contributed by atoms with Crippen molar-refractivity contribution in [1.29, 1.82) is 0 Å². The molecule has 8 heteroatoms. The van der Waals surface area contributed by atoms with E-state index >= 15 is 0 Å². The van der Waals surface area contributed by atoms with Gasteiger partial charge in [-0.25, -0.2) is 4.79 Å². The molecule has 0 saturated heterocycles. The van der Waals surface area contributed by atoms with E-state index in [1.165, 1.54) is 12.1 Å². The van der Waals surface area contributed by atoms with Crippen LogP contribution in [-0.4, -0.2) is 40.8 Å². The Balaban J connectivity index is 2.85. The molecule has 1 aromatic carbocycles. The maximum Gasteiger partial charge on any atom is 0.408 e. The number of nitrogens with one attached hydrogen (secondary N) is 2. The minimum atomic E-state index is -1.44. The Labute approximate surface area is 165 Å². The predicted octanol–water partition coefficient (Wildman–Crippen LogP) is 1.11. The van der Waals surface area contributed by atoms with E-state index in [-0.39, 0.29) is 18.1 Å². The first-order valence-electron chi connectivity index (χ1n) is 9.16. The van der Waals surface area contributed by atoms with Crippen LogP contribution in [0.25, 0.3) is 0 Å². The number of carbonyl (C=O) groups is 3. The summed E-state index contributed by atoms with van der Waals surface area (Å²) in [5.41, 5.74) is -0.122. The fourth-order valence-electron chi connectivity index (χ4n) is 2.49. The molecule has 0 aliphatic rings. The molecule has 3 N–H and O–H groups in total. The van der Waals surface area contributed by atoms with E-state index in [1.807, 2.05) is 13.8 Å². The summed E-state index contributed by atoms with van der Waals surface area (Å²) in [6, 6.07) is 3.73. The first-order chi connectivity index (χ1) is 12.9. The number of amides is 2. The van der Waals surface area contributed by atoms with Crippen LogP contribution in [0.3, 0.4) is 0 Å². The summed E-state index contributed by atoms with van der Waals surface area (Å²) in [6.07, 6.45) is -0.462. The molecule has 0 bridgehead atoms. The second-order valence-electron chi connectivity index (χ2n) is 8.08. The van der Waals surface area contributed by atoms with Gasteiger partial charge in [-0.2, -0.15) is 0 Å². The van der Waals surface area contributed by atoms with Gasteiger partial charge in [-0.05, 0) is 57.2 Å². The molecule has 8 nitrogen and oxygen atoms in total. The monoisotopic (exact) mass is 393 g/mol. The zero-order valence-corrected chi connectivity index (χ0v) is 16.9. The van der Waals surface area contributed by atoms with E-state index in [0.717, 1.165) is 0 Å². The molecule has 0 fully saturated rings. The molecule has 1 aromatic rings. The molecule has 0 spiro atoms. The Morgan fingerprint density at radius 2 is 1.64 bits per heavy atom. The summed E-state index contributed by atoms with van der Waals surface area (Å²) < 4.78 is 5.18. The topological polar surface area (TPSA) is 128 Å². The second-order valence-corrected chi connectivity index (χ2v) is 8.08. The van der Waals surface area contributed by atoms with Crippen LogP contribution in [0, 0.1) is 5.92 Å². The number of rotatable bonds is 8. The van der Waals surface area contributed by atoms with Crippen LogP contribution in [0.15, 0.2) is 24.3 Å². The number of hydrogen-bond acceptors (Lipinski definition) is 6. The first kappa shape index (κ1) is 23.3. The van der Waals surface area contributed by atoms with E-state index in [1.54, 1.807) is 32.9 Å². The lowest BCUT2D eigenvalue weighted by atomic mass is 10.0. The van der Waals surface area contributed by atoms with Crippen LogP contribution >= 0.6 is 0 Å². The smallest absolute Gasteiger partial charge is 0.408 e. The van der Waals surface area contributed by atoms with Gasteiger partial charge >= 0.3 is 6.09 Å². The van der Waals surface area contributed by atoms with E-state index in [4.69, 9.17) is 4.74 Å². The normalized spacial score (nSPS) is 13.5. The number of hydrogen-bond donors (Lipinski definition) is 3. The van der Waals surface area contributed by atoms with Crippen LogP contribution in [0.4, 0.5) is 4.79 Å². The van der Waals surface area contributed by atoms with Crippen molar-refractivity contribution in [1.82, 2.24) is 10.6 Å².